The minimum atomic E-state index is -4.61. The Labute approximate surface area is 140 Å². The van der Waals surface area contributed by atoms with Crippen molar-refractivity contribution in [1.29, 1.82) is 0 Å². The normalized spacial score (nSPS) is 12.4. The van der Waals surface area contributed by atoms with Gasteiger partial charge in [-0.2, -0.15) is 13.2 Å². The molecule has 1 atom stereocenters. The van der Waals surface area contributed by atoms with E-state index in [1.54, 1.807) is 0 Å². The lowest BCUT2D eigenvalue weighted by Gasteiger charge is -2.14. The summed E-state index contributed by atoms with van der Waals surface area (Å²) in [7, 11) is 0. The van der Waals surface area contributed by atoms with Crippen molar-refractivity contribution < 1.29 is 31.9 Å². The standard InChI is InChI=1S/C17H13F4NO3/c1-10(15(23)22-14-8-3-2-7-13(14)18)25-16(24)11-5-4-6-12(9-11)17(19,20)21/h2-10H,1H3,(H,22,23)/t10-/m1/s1. The van der Waals surface area contributed by atoms with E-state index in [4.69, 9.17) is 4.74 Å². The molecule has 4 nitrogen and oxygen atoms in total. The average Bonchev–Trinajstić information content (AvgIpc) is 2.56. The van der Waals surface area contributed by atoms with E-state index >= 15 is 0 Å². The first-order valence-corrected chi connectivity index (χ1v) is 7.12. The molecule has 0 saturated carbocycles. The molecule has 0 aromatic heterocycles. The van der Waals surface area contributed by atoms with Crippen molar-refractivity contribution in [3.63, 3.8) is 0 Å². The van der Waals surface area contributed by atoms with E-state index in [2.05, 4.69) is 5.32 Å². The fourth-order valence-corrected chi connectivity index (χ4v) is 1.90. The Morgan fingerprint density at radius 1 is 1.08 bits per heavy atom. The van der Waals surface area contributed by atoms with Gasteiger partial charge in [0, 0.05) is 0 Å². The van der Waals surface area contributed by atoms with E-state index in [0.717, 1.165) is 24.3 Å². The summed E-state index contributed by atoms with van der Waals surface area (Å²) in [6, 6.07) is 9.01. The van der Waals surface area contributed by atoms with Gasteiger partial charge in [-0.25, -0.2) is 9.18 Å². The maximum atomic E-state index is 13.5. The smallest absolute Gasteiger partial charge is 0.416 e. The number of rotatable bonds is 4. The first-order chi connectivity index (χ1) is 11.7. The van der Waals surface area contributed by atoms with Crippen LogP contribution in [0, 0.1) is 5.82 Å². The summed E-state index contributed by atoms with van der Waals surface area (Å²) in [5.41, 5.74) is -1.46. The van der Waals surface area contributed by atoms with Crippen LogP contribution < -0.4 is 5.32 Å². The van der Waals surface area contributed by atoms with Gasteiger partial charge < -0.3 is 10.1 Å². The van der Waals surface area contributed by atoms with Crippen LogP contribution in [0.4, 0.5) is 23.2 Å². The molecule has 0 bridgehead atoms. The fraction of sp³-hybridized carbons (Fsp3) is 0.176. The van der Waals surface area contributed by atoms with Gasteiger partial charge in [0.1, 0.15) is 5.82 Å². The van der Waals surface area contributed by atoms with Crippen LogP contribution in [0.2, 0.25) is 0 Å². The van der Waals surface area contributed by atoms with E-state index in [1.807, 2.05) is 0 Å². The van der Waals surface area contributed by atoms with Crippen LogP contribution in [0.25, 0.3) is 0 Å². The van der Waals surface area contributed by atoms with Gasteiger partial charge in [0.25, 0.3) is 5.91 Å². The molecule has 0 saturated heterocycles. The van der Waals surface area contributed by atoms with Gasteiger partial charge in [0.2, 0.25) is 0 Å². The largest absolute Gasteiger partial charge is 0.449 e. The minimum absolute atomic E-state index is 0.102. The number of para-hydroxylation sites is 1. The van der Waals surface area contributed by atoms with Crippen molar-refractivity contribution >= 4 is 17.6 Å². The zero-order chi connectivity index (χ0) is 18.6. The Balaban J connectivity index is 2.05. The second kappa shape index (κ2) is 7.33. The molecule has 0 fully saturated rings. The van der Waals surface area contributed by atoms with Gasteiger partial charge in [-0.05, 0) is 37.3 Å². The van der Waals surface area contributed by atoms with Crippen molar-refractivity contribution in [2.24, 2.45) is 0 Å². The highest BCUT2D eigenvalue weighted by molar-refractivity contribution is 5.97. The molecule has 1 amide bonds. The minimum Gasteiger partial charge on any atom is -0.449 e. The number of carbonyl (C=O) groups excluding carboxylic acids is 2. The molecule has 0 unspecified atom stereocenters. The average molecular weight is 355 g/mol. The van der Waals surface area contributed by atoms with E-state index in [9.17, 15) is 27.2 Å². The predicted molar refractivity (Wildman–Crippen MR) is 81.4 cm³/mol. The maximum absolute atomic E-state index is 13.5. The zero-order valence-corrected chi connectivity index (χ0v) is 12.9. The summed E-state index contributed by atoms with van der Waals surface area (Å²) < 4.78 is 56.3. The van der Waals surface area contributed by atoms with Gasteiger partial charge in [0.05, 0.1) is 16.8 Å². The molecular weight excluding hydrogens is 342 g/mol. The van der Waals surface area contributed by atoms with Crippen LogP contribution >= 0.6 is 0 Å². The van der Waals surface area contributed by atoms with E-state index < -0.39 is 35.5 Å². The Morgan fingerprint density at radius 3 is 2.40 bits per heavy atom. The number of hydrogen-bond donors (Lipinski definition) is 1. The van der Waals surface area contributed by atoms with Crippen LogP contribution in [-0.2, 0) is 15.7 Å². The highest BCUT2D eigenvalue weighted by atomic mass is 19.4. The molecule has 0 aliphatic rings. The summed E-state index contributed by atoms with van der Waals surface area (Å²) >= 11 is 0. The number of amides is 1. The summed E-state index contributed by atoms with van der Waals surface area (Å²) in [6.07, 6.45) is -5.94. The monoisotopic (exact) mass is 355 g/mol. The fourth-order valence-electron chi connectivity index (χ4n) is 1.90. The number of alkyl halides is 3. The second-order valence-electron chi connectivity index (χ2n) is 5.10. The number of nitrogens with one attached hydrogen (secondary N) is 1. The first-order valence-electron chi connectivity index (χ1n) is 7.12. The number of hydrogen-bond acceptors (Lipinski definition) is 3. The van der Waals surface area contributed by atoms with Gasteiger partial charge in [-0.15, -0.1) is 0 Å². The van der Waals surface area contributed by atoms with Crippen LogP contribution in [0.5, 0.6) is 0 Å². The molecule has 25 heavy (non-hydrogen) atoms. The molecule has 2 aromatic rings. The molecule has 1 N–H and O–H groups in total. The Kier molecular flexibility index (Phi) is 5.41. The third-order valence-electron chi connectivity index (χ3n) is 3.21. The second-order valence-corrected chi connectivity index (χ2v) is 5.10. The summed E-state index contributed by atoms with van der Waals surface area (Å²) in [4.78, 5) is 23.8. The summed E-state index contributed by atoms with van der Waals surface area (Å²) in [5, 5.41) is 2.23. The Morgan fingerprint density at radius 2 is 1.76 bits per heavy atom. The molecule has 0 spiro atoms. The number of halogens is 4. The van der Waals surface area contributed by atoms with Crippen molar-refractivity contribution in [3.05, 3.63) is 65.5 Å². The quantitative estimate of drug-likeness (QED) is 0.666. The van der Waals surface area contributed by atoms with Crippen LogP contribution in [0.1, 0.15) is 22.8 Å². The molecule has 0 radical (unpaired) electrons. The number of ether oxygens (including phenoxy) is 1. The van der Waals surface area contributed by atoms with Gasteiger partial charge >= 0.3 is 12.1 Å². The number of benzene rings is 2. The molecular formula is C17H13F4NO3. The predicted octanol–water partition coefficient (Wildman–Crippen LogP) is 4.03. The van der Waals surface area contributed by atoms with Crippen molar-refractivity contribution in [2.45, 2.75) is 19.2 Å². The topological polar surface area (TPSA) is 55.4 Å². The van der Waals surface area contributed by atoms with Crippen molar-refractivity contribution in [2.75, 3.05) is 5.32 Å². The first kappa shape index (κ1) is 18.4. The molecule has 8 heteroatoms. The van der Waals surface area contributed by atoms with Gasteiger partial charge in [-0.3, -0.25) is 4.79 Å². The summed E-state index contributed by atoms with van der Waals surface area (Å²) in [6.45, 7) is 1.22. The number of esters is 1. The lowest BCUT2D eigenvalue weighted by Crippen LogP contribution is -2.30. The highest BCUT2D eigenvalue weighted by Crippen LogP contribution is 2.29. The van der Waals surface area contributed by atoms with Crippen LogP contribution in [-0.4, -0.2) is 18.0 Å². The molecule has 0 aliphatic heterocycles. The molecule has 2 rings (SSSR count). The Bertz CT molecular complexity index is 789. The molecule has 0 aliphatic carbocycles. The molecule has 132 valence electrons. The summed E-state index contributed by atoms with van der Waals surface area (Å²) in [5.74, 6) is -2.58. The van der Waals surface area contributed by atoms with Crippen molar-refractivity contribution in [1.82, 2.24) is 0 Å². The van der Waals surface area contributed by atoms with Crippen molar-refractivity contribution in [3.8, 4) is 0 Å². The maximum Gasteiger partial charge on any atom is 0.416 e. The van der Waals surface area contributed by atoms with Gasteiger partial charge in [-0.1, -0.05) is 18.2 Å². The lowest BCUT2D eigenvalue weighted by atomic mass is 10.1. The van der Waals surface area contributed by atoms with E-state index in [0.29, 0.717) is 6.07 Å². The third kappa shape index (κ3) is 4.79. The van der Waals surface area contributed by atoms with Gasteiger partial charge in [0.15, 0.2) is 6.10 Å². The van der Waals surface area contributed by atoms with Crippen LogP contribution in [0.15, 0.2) is 48.5 Å². The molecule has 2 aromatic carbocycles. The number of anilines is 1. The highest BCUT2D eigenvalue weighted by Gasteiger charge is 2.31. The SMILES string of the molecule is C[C@@H](OC(=O)c1cccc(C(F)(F)F)c1)C(=O)Nc1ccccc1F. The number of carbonyl (C=O) groups is 2. The van der Waals surface area contributed by atoms with E-state index in [-0.39, 0.29) is 11.3 Å². The van der Waals surface area contributed by atoms with E-state index in [1.165, 1.54) is 25.1 Å². The lowest BCUT2D eigenvalue weighted by molar-refractivity contribution is -0.137. The third-order valence-corrected chi connectivity index (χ3v) is 3.21. The Hall–Kier alpha value is -2.90. The zero-order valence-electron chi connectivity index (χ0n) is 12.9. The molecule has 0 heterocycles. The van der Waals surface area contributed by atoms with Crippen LogP contribution in [0.3, 0.4) is 0 Å².